The second-order valence-electron chi connectivity index (χ2n) is 3.61. The van der Waals surface area contributed by atoms with Crippen LogP contribution in [0.4, 0.5) is 0 Å². The van der Waals surface area contributed by atoms with E-state index in [1.54, 1.807) is 0 Å². The monoisotopic (exact) mass is 165 g/mol. The molecule has 0 saturated heterocycles. The van der Waals surface area contributed by atoms with Crippen LogP contribution in [0.2, 0.25) is 0 Å². The van der Waals surface area contributed by atoms with E-state index >= 15 is 0 Å². The third-order valence-corrected chi connectivity index (χ3v) is 2.75. The van der Waals surface area contributed by atoms with Crippen molar-refractivity contribution in [1.29, 1.82) is 0 Å². The van der Waals surface area contributed by atoms with Crippen LogP contribution < -0.4 is 0 Å². The Morgan fingerprint density at radius 3 is 2.92 bits per heavy atom. The lowest BCUT2D eigenvalue weighted by molar-refractivity contribution is 0.0538. The molecule has 0 unspecified atom stereocenters. The summed E-state index contributed by atoms with van der Waals surface area (Å²) in [4.78, 5) is 5.36. The Kier molecular flexibility index (Phi) is 2.15. The van der Waals surface area contributed by atoms with Crippen molar-refractivity contribution in [1.82, 2.24) is 0 Å². The van der Waals surface area contributed by atoms with Crippen LogP contribution in [0.15, 0.2) is 17.3 Å². The normalized spacial score (nSPS) is 34.6. The zero-order chi connectivity index (χ0) is 8.39. The number of hydrogen-bond donors (Lipinski definition) is 0. The summed E-state index contributed by atoms with van der Waals surface area (Å²) in [6.45, 7) is 2.08. The molecular weight excluding hydrogens is 150 g/mol. The Morgan fingerprint density at radius 1 is 1.33 bits per heavy atom. The summed E-state index contributed by atoms with van der Waals surface area (Å²) >= 11 is 0. The van der Waals surface area contributed by atoms with Crippen molar-refractivity contribution in [2.45, 2.75) is 38.7 Å². The molecule has 12 heavy (non-hydrogen) atoms. The minimum atomic E-state index is 0.370. The van der Waals surface area contributed by atoms with E-state index in [0.29, 0.717) is 12.0 Å². The summed E-state index contributed by atoms with van der Waals surface area (Å²) in [6.07, 6.45) is 9.56. The molecule has 0 N–H and O–H groups in total. The van der Waals surface area contributed by atoms with Gasteiger partial charge in [0, 0.05) is 5.92 Å². The highest BCUT2D eigenvalue weighted by atomic mass is 16.6. The average molecular weight is 165 g/mol. The highest BCUT2D eigenvalue weighted by Crippen LogP contribution is 2.28. The molecule has 0 bridgehead atoms. The summed E-state index contributed by atoms with van der Waals surface area (Å²) in [5, 5.41) is 4.05. The zero-order valence-corrected chi connectivity index (χ0v) is 7.49. The van der Waals surface area contributed by atoms with Crippen molar-refractivity contribution in [3.8, 4) is 0 Å². The number of allylic oxidation sites excluding steroid dienone is 2. The SMILES string of the molecule is CC1=NO[C@H]2CCC=CCC[C@@H]12. The third-order valence-electron chi connectivity index (χ3n) is 2.75. The lowest BCUT2D eigenvalue weighted by Crippen LogP contribution is -2.22. The minimum Gasteiger partial charge on any atom is -0.392 e. The van der Waals surface area contributed by atoms with Gasteiger partial charge in [0.15, 0.2) is 0 Å². The minimum absolute atomic E-state index is 0.370. The van der Waals surface area contributed by atoms with Gasteiger partial charge in [-0.05, 0) is 32.6 Å². The number of fused-ring (bicyclic) bond motifs is 1. The predicted octanol–water partition coefficient (Wildman–Crippen LogP) is 2.51. The molecule has 0 saturated carbocycles. The Balaban J connectivity index is 2.06. The molecule has 2 nitrogen and oxygen atoms in total. The number of oxime groups is 1. The van der Waals surface area contributed by atoms with Gasteiger partial charge in [-0.25, -0.2) is 0 Å². The first-order chi connectivity index (χ1) is 5.88. The maximum Gasteiger partial charge on any atom is 0.136 e. The van der Waals surface area contributed by atoms with E-state index in [2.05, 4.69) is 24.2 Å². The van der Waals surface area contributed by atoms with Crippen molar-refractivity contribution in [2.24, 2.45) is 11.1 Å². The molecule has 2 aliphatic rings. The fourth-order valence-corrected chi connectivity index (χ4v) is 1.98. The van der Waals surface area contributed by atoms with Crippen molar-refractivity contribution in [3.63, 3.8) is 0 Å². The zero-order valence-electron chi connectivity index (χ0n) is 7.49. The fourth-order valence-electron chi connectivity index (χ4n) is 1.98. The van der Waals surface area contributed by atoms with Crippen molar-refractivity contribution >= 4 is 5.71 Å². The molecule has 0 aromatic carbocycles. The molecule has 0 amide bonds. The molecule has 0 spiro atoms. The van der Waals surface area contributed by atoms with Gasteiger partial charge in [0.05, 0.1) is 5.71 Å². The summed E-state index contributed by atoms with van der Waals surface area (Å²) in [5.74, 6) is 0.593. The van der Waals surface area contributed by atoms with E-state index < -0.39 is 0 Å². The Bertz CT molecular complexity index is 220. The van der Waals surface area contributed by atoms with Gasteiger partial charge < -0.3 is 4.84 Å². The Hall–Kier alpha value is -0.790. The van der Waals surface area contributed by atoms with Gasteiger partial charge in [-0.15, -0.1) is 0 Å². The van der Waals surface area contributed by atoms with Gasteiger partial charge in [-0.1, -0.05) is 17.3 Å². The van der Waals surface area contributed by atoms with E-state index in [-0.39, 0.29) is 0 Å². The molecule has 1 aliphatic carbocycles. The smallest absolute Gasteiger partial charge is 0.136 e. The summed E-state index contributed by atoms with van der Waals surface area (Å²) in [6, 6.07) is 0. The van der Waals surface area contributed by atoms with Gasteiger partial charge in [0.1, 0.15) is 6.10 Å². The fraction of sp³-hybridized carbons (Fsp3) is 0.700. The highest BCUT2D eigenvalue weighted by Gasteiger charge is 2.30. The molecule has 1 aliphatic heterocycles. The molecule has 2 atom stereocenters. The number of hydrogen-bond acceptors (Lipinski definition) is 2. The first kappa shape index (κ1) is 7.84. The van der Waals surface area contributed by atoms with Crippen molar-refractivity contribution in [2.75, 3.05) is 0 Å². The van der Waals surface area contributed by atoms with Gasteiger partial charge in [0.25, 0.3) is 0 Å². The van der Waals surface area contributed by atoms with Crippen LogP contribution in [-0.2, 0) is 4.84 Å². The van der Waals surface area contributed by atoms with E-state index in [0.717, 1.165) is 12.8 Å². The summed E-state index contributed by atoms with van der Waals surface area (Å²) < 4.78 is 0. The predicted molar refractivity (Wildman–Crippen MR) is 49.1 cm³/mol. The molecule has 0 fully saturated rings. The lowest BCUT2D eigenvalue weighted by Gasteiger charge is -2.17. The molecule has 0 radical (unpaired) electrons. The van der Waals surface area contributed by atoms with Crippen LogP contribution in [0.3, 0.4) is 0 Å². The second kappa shape index (κ2) is 3.30. The Labute approximate surface area is 73.3 Å². The van der Waals surface area contributed by atoms with Gasteiger partial charge in [0.2, 0.25) is 0 Å². The topological polar surface area (TPSA) is 21.6 Å². The van der Waals surface area contributed by atoms with Crippen molar-refractivity contribution in [3.05, 3.63) is 12.2 Å². The molecule has 2 heteroatoms. The van der Waals surface area contributed by atoms with Crippen LogP contribution in [-0.4, -0.2) is 11.8 Å². The quantitative estimate of drug-likeness (QED) is 0.505. The molecule has 2 rings (SSSR count). The molecular formula is C10H15NO. The first-order valence-corrected chi connectivity index (χ1v) is 4.73. The summed E-state index contributed by atoms with van der Waals surface area (Å²) in [5.41, 5.74) is 1.19. The van der Waals surface area contributed by atoms with E-state index in [1.165, 1.54) is 18.6 Å². The van der Waals surface area contributed by atoms with Crippen molar-refractivity contribution < 1.29 is 4.84 Å². The molecule has 0 aromatic heterocycles. The first-order valence-electron chi connectivity index (χ1n) is 4.73. The second-order valence-corrected chi connectivity index (χ2v) is 3.61. The van der Waals surface area contributed by atoms with Crippen LogP contribution in [0.5, 0.6) is 0 Å². The van der Waals surface area contributed by atoms with Gasteiger partial charge in [-0.2, -0.15) is 0 Å². The van der Waals surface area contributed by atoms with Gasteiger partial charge in [-0.3, -0.25) is 0 Å². The van der Waals surface area contributed by atoms with Gasteiger partial charge >= 0.3 is 0 Å². The van der Waals surface area contributed by atoms with Crippen LogP contribution in [0.1, 0.15) is 32.6 Å². The summed E-state index contributed by atoms with van der Waals surface area (Å²) in [7, 11) is 0. The largest absolute Gasteiger partial charge is 0.392 e. The molecule has 0 aromatic rings. The molecule has 1 heterocycles. The highest BCUT2D eigenvalue weighted by molar-refractivity contribution is 5.85. The Morgan fingerprint density at radius 2 is 2.08 bits per heavy atom. The lowest BCUT2D eigenvalue weighted by atomic mass is 9.89. The third kappa shape index (κ3) is 1.38. The van der Waals surface area contributed by atoms with E-state index in [1.807, 2.05) is 0 Å². The van der Waals surface area contributed by atoms with Crippen LogP contribution in [0, 0.1) is 5.92 Å². The average Bonchev–Trinajstić information content (AvgIpc) is 2.31. The van der Waals surface area contributed by atoms with Crippen LogP contribution in [0.25, 0.3) is 0 Å². The number of rotatable bonds is 0. The van der Waals surface area contributed by atoms with Crippen LogP contribution >= 0.6 is 0 Å². The maximum atomic E-state index is 5.36. The standard InChI is InChI=1S/C10H15NO/c1-8-9-6-4-2-3-5-7-10(9)12-11-8/h2-3,9-10H,4-7H2,1H3/t9-,10-/m0/s1. The molecule has 66 valence electrons. The van der Waals surface area contributed by atoms with E-state index in [9.17, 15) is 0 Å². The number of nitrogens with zero attached hydrogens (tertiary/aromatic N) is 1. The van der Waals surface area contributed by atoms with E-state index in [4.69, 9.17) is 4.84 Å². The maximum absolute atomic E-state index is 5.36.